The standard InChI is InChI=1S/C16H22N6O/c1-10-14-7-13(8-18-16(14)21(4)19-10)17-9-15-11(2)20-22(5-6-23)12(15)3/h7-8,17,23H,5-6,9H2,1-4H3. The van der Waals surface area contributed by atoms with Crippen LogP contribution in [0.25, 0.3) is 11.0 Å². The lowest BCUT2D eigenvalue weighted by Crippen LogP contribution is -2.07. The third kappa shape index (κ3) is 2.79. The van der Waals surface area contributed by atoms with Gasteiger partial charge in [0.1, 0.15) is 0 Å². The van der Waals surface area contributed by atoms with Crippen LogP contribution in [-0.2, 0) is 20.1 Å². The van der Waals surface area contributed by atoms with Gasteiger partial charge in [-0.25, -0.2) is 4.98 Å². The van der Waals surface area contributed by atoms with Crippen molar-refractivity contribution < 1.29 is 5.11 Å². The van der Waals surface area contributed by atoms with Crippen molar-refractivity contribution in [2.45, 2.75) is 33.9 Å². The van der Waals surface area contributed by atoms with E-state index < -0.39 is 0 Å². The van der Waals surface area contributed by atoms with Crippen molar-refractivity contribution in [3.05, 3.63) is 34.9 Å². The van der Waals surface area contributed by atoms with Gasteiger partial charge in [0.2, 0.25) is 0 Å². The molecule has 0 unspecified atom stereocenters. The van der Waals surface area contributed by atoms with Crippen molar-refractivity contribution in [3.8, 4) is 0 Å². The molecule has 3 heterocycles. The van der Waals surface area contributed by atoms with Gasteiger partial charge in [0.15, 0.2) is 5.65 Å². The van der Waals surface area contributed by atoms with E-state index in [1.807, 2.05) is 38.7 Å². The molecular formula is C16H22N6O. The van der Waals surface area contributed by atoms with Gasteiger partial charge in [0.05, 0.1) is 36.4 Å². The lowest BCUT2D eigenvalue weighted by Gasteiger charge is -2.07. The van der Waals surface area contributed by atoms with Crippen LogP contribution in [0.1, 0.15) is 22.6 Å². The van der Waals surface area contributed by atoms with Crippen LogP contribution in [0.5, 0.6) is 0 Å². The number of rotatable bonds is 5. The van der Waals surface area contributed by atoms with Gasteiger partial charge in [-0.1, -0.05) is 0 Å². The van der Waals surface area contributed by atoms with E-state index in [0.717, 1.165) is 39.4 Å². The summed E-state index contributed by atoms with van der Waals surface area (Å²) in [5.41, 5.74) is 6.03. The molecule has 0 aliphatic rings. The van der Waals surface area contributed by atoms with Gasteiger partial charge in [-0.15, -0.1) is 0 Å². The summed E-state index contributed by atoms with van der Waals surface area (Å²) in [5.74, 6) is 0. The average Bonchev–Trinajstić information content (AvgIpc) is 2.95. The van der Waals surface area contributed by atoms with Gasteiger partial charge in [-0.3, -0.25) is 9.36 Å². The van der Waals surface area contributed by atoms with Gasteiger partial charge in [-0.05, 0) is 26.8 Å². The van der Waals surface area contributed by atoms with Crippen LogP contribution >= 0.6 is 0 Å². The fourth-order valence-electron chi connectivity index (χ4n) is 2.90. The van der Waals surface area contributed by atoms with E-state index in [1.165, 1.54) is 0 Å². The Labute approximate surface area is 135 Å². The van der Waals surface area contributed by atoms with E-state index in [4.69, 9.17) is 5.11 Å². The Bertz CT molecular complexity index is 848. The first-order chi connectivity index (χ1) is 11.0. The molecule has 7 heteroatoms. The Hall–Kier alpha value is -2.41. The van der Waals surface area contributed by atoms with Gasteiger partial charge in [0, 0.05) is 30.2 Å². The van der Waals surface area contributed by atoms with E-state index in [0.29, 0.717) is 13.1 Å². The maximum absolute atomic E-state index is 9.09. The number of aliphatic hydroxyl groups is 1. The molecule has 2 N–H and O–H groups in total. The SMILES string of the molecule is Cc1nn(CCO)c(C)c1CNc1cnc2c(c1)c(C)nn2C. The topological polar surface area (TPSA) is 80.8 Å². The number of pyridine rings is 1. The summed E-state index contributed by atoms with van der Waals surface area (Å²) in [7, 11) is 1.90. The predicted molar refractivity (Wildman–Crippen MR) is 89.4 cm³/mol. The molecule has 23 heavy (non-hydrogen) atoms. The smallest absolute Gasteiger partial charge is 0.157 e. The van der Waals surface area contributed by atoms with Gasteiger partial charge in [0.25, 0.3) is 0 Å². The van der Waals surface area contributed by atoms with Crippen LogP contribution in [0, 0.1) is 20.8 Å². The van der Waals surface area contributed by atoms with Crippen LogP contribution in [0.15, 0.2) is 12.3 Å². The Morgan fingerprint density at radius 3 is 2.70 bits per heavy atom. The summed E-state index contributed by atoms with van der Waals surface area (Å²) in [4.78, 5) is 4.48. The third-order valence-electron chi connectivity index (χ3n) is 4.18. The van der Waals surface area contributed by atoms with E-state index >= 15 is 0 Å². The molecular weight excluding hydrogens is 292 g/mol. The normalized spacial score (nSPS) is 11.3. The molecule has 3 aromatic heterocycles. The molecule has 0 spiro atoms. The maximum atomic E-state index is 9.09. The van der Waals surface area contributed by atoms with Crippen molar-refractivity contribution in [1.82, 2.24) is 24.5 Å². The molecule has 0 aliphatic carbocycles. The first kappa shape index (κ1) is 15.5. The van der Waals surface area contributed by atoms with Crippen molar-refractivity contribution in [3.63, 3.8) is 0 Å². The van der Waals surface area contributed by atoms with Crippen LogP contribution in [-0.4, -0.2) is 36.3 Å². The fraction of sp³-hybridized carbons (Fsp3) is 0.438. The lowest BCUT2D eigenvalue weighted by atomic mass is 10.2. The zero-order valence-electron chi connectivity index (χ0n) is 14.0. The second kappa shape index (κ2) is 6.00. The third-order valence-corrected chi connectivity index (χ3v) is 4.18. The highest BCUT2D eigenvalue weighted by Crippen LogP contribution is 2.21. The first-order valence-electron chi connectivity index (χ1n) is 7.68. The summed E-state index contributed by atoms with van der Waals surface area (Å²) in [5, 5.41) is 22.4. The van der Waals surface area contributed by atoms with Gasteiger partial charge < -0.3 is 10.4 Å². The Morgan fingerprint density at radius 1 is 1.17 bits per heavy atom. The van der Waals surface area contributed by atoms with Crippen molar-refractivity contribution in [2.75, 3.05) is 11.9 Å². The minimum Gasteiger partial charge on any atom is -0.394 e. The summed E-state index contributed by atoms with van der Waals surface area (Å²) in [6, 6.07) is 2.08. The molecule has 0 saturated carbocycles. The number of aryl methyl sites for hydroxylation is 3. The average molecular weight is 314 g/mol. The molecule has 0 fully saturated rings. The largest absolute Gasteiger partial charge is 0.394 e. The van der Waals surface area contributed by atoms with Crippen LogP contribution in [0.4, 0.5) is 5.69 Å². The van der Waals surface area contributed by atoms with Gasteiger partial charge >= 0.3 is 0 Å². The predicted octanol–water partition coefficient (Wildman–Crippen LogP) is 1.69. The number of nitrogens with one attached hydrogen (secondary N) is 1. The monoisotopic (exact) mass is 314 g/mol. The first-order valence-corrected chi connectivity index (χ1v) is 7.68. The molecule has 0 atom stereocenters. The molecule has 0 radical (unpaired) electrons. The summed E-state index contributed by atoms with van der Waals surface area (Å²) in [6.45, 7) is 7.30. The second-order valence-corrected chi connectivity index (χ2v) is 5.75. The second-order valence-electron chi connectivity index (χ2n) is 5.75. The summed E-state index contributed by atoms with van der Waals surface area (Å²) >= 11 is 0. The maximum Gasteiger partial charge on any atom is 0.157 e. The highest BCUT2D eigenvalue weighted by molar-refractivity contribution is 5.81. The lowest BCUT2D eigenvalue weighted by molar-refractivity contribution is 0.268. The van der Waals surface area contributed by atoms with Crippen LogP contribution < -0.4 is 5.32 Å². The summed E-state index contributed by atoms with van der Waals surface area (Å²) < 4.78 is 3.64. The number of hydrogen-bond donors (Lipinski definition) is 2. The Morgan fingerprint density at radius 2 is 1.96 bits per heavy atom. The molecule has 3 rings (SSSR count). The molecule has 3 aromatic rings. The molecule has 122 valence electrons. The van der Waals surface area contributed by atoms with E-state index in [9.17, 15) is 0 Å². The van der Waals surface area contributed by atoms with E-state index in [1.54, 1.807) is 4.68 Å². The zero-order valence-corrected chi connectivity index (χ0v) is 14.0. The Balaban J connectivity index is 1.82. The summed E-state index contributed by atoms with van der Waals surface area (Å²) in [6.07, 6.45) is 1.83. The number of nitrogens with zero attached hydrogens (tertiary/aromatic N) is 5. The quantitative estimate of drug-likeness (QED) is 0.749. The van der Waals surface area contributed by atoms with Crippen LogP contribution in [0.3, 0.4) is 0 Å². The molecule has 7 nitrogen and oxygen atoms in total. The molecule has 0 bridgehead atoms. The molecule has 0 saturated heterocycles. The highest BCUT2D eigenvalue weighted by atomic mass is 16.3. The molecule has 0 aromatic carbocycles. The van der Waals surface area contributed by atoms with Gasteiger partial charge in [-0.2, -0.15) is 10.2 Å². The minimum absolute atomic E-state index is 0.0930. The van der Waals surface area contributed by atoms with Crippen molar-refractivity contribution >= 4 is 16.7 Å². The van der Waals surface area contributed by atoms with Crippen molar-refractivity contribution in [1.29, 1.82) is 0 Å². The number of fused-ring (bicyclic) bond motifs is 1. The van der Waals surface area contributed by atoms with Crippen molar-refractivity contribution in [2.24, 2.45) is 7.05 Å². The number of anilines is 1. The molecule has 0 aliphatic heterocycles. The van der Waals surface area contributed by atoms with E-state index in [2.05, 4.69) is 26.6 Å². The molecule has 0 amide bonds. The number of hydrogen-bond acceptors (Lipinski definition) is 5. The zero-order chi connectivity index (χ0) is 16.6. The number of aromatic nitrogens is 5. The highest BCUT2D eigenvalue weighted by Gasteiger charge is 2.12. The Kier molecular flexibility index (Phi) is 4.04. The van der Waals surface area contributed by atoms with E-state index in [-0.39, 0.29) is 6.61 Å². The number of aliphatic hydroxyl groups excluding tert-OH is 1. The van der Waals surface area contributed by atoms with Crippen LogP contribution in [0.2, 0.25) is 0 Å². The fourth-order valence-corrected chi connectivity index (χ4v) is 2.90. The minimum atomic E-state index is 0.0930.